The maximum Gasteiger partial charge on any atom is 0.148 e. The third kappa shape index (κ3) is 6.60. The molecule has 92 valence electrons. The van der Waals surface area contributed by atoms with Crippen molar-refractivity contribution in [3.63, 3.8) is 0 Å². The molecule has 0 bridgehead atoms. The van der Waals surface area contributed by atoms with Crippen LogP contribution in [0.15, 0.2) is 22.8 Å². The lowest BCUT2D eigenvalue weighted by Crippen LogP contribution is -2.25. The number of rotatable bonds is 8. The summed E-state index contributed by atoms with van der Waals surface area (Å²) in [6, 6.07) is 3.65. The standard InChI is InChI=1S/C10H17NO4S/c1-16(12,13)8-5-11-4-7-14-9-10-3-2-6-15-10/h2-3,6,11H,4-5,7-9H2,1H3. The molecule has 1 rings (SSSR count). The van der Waals surface area contributed by atoms with Crippen LogP contribution in [0.25, 0.3) is 0 Å². The summed E-state index contributed by atoms with van der Waals surface area (Å²) in [6.45, 7) is 2.07. The van der Waals surface area contributed by atoms with E-state index in [4.69, 9.17) is 9.15 Å². The largest absolute Gasteiger partial charge is 0.467 e. The van der Waals surface area contributed by atoms with Gasteiger partial charge in [0.15, 0.2) is 0 Å². The lowest BCUT2D eigenvalue weighted by molar-refractivity contribution is 0.108. The molecule has 0 unspecified atom stereocenters. The molecule has 16 heavy (non-hydrogen) atoms. The first-order chi connectivity index (χ1) is 7.58. The molecule has 5 nitrogen and oxygen atoms in total. The van der Waals surface area contributed by atoms with Crippen molar-refractivity contribution in [1.82, 2.24) is 5.32 Å². The average molecular weight is 247 g/mol. The molecule has 0 spiro atoms. The molecule has 0 saturated heterocycles. The number of sulfone groups is 1. The van der Waals surface area contributed by atoms with Crippen LogP contribution in [-0.4, -0.2) is 40.1 Å². The van der Waals surface area contributed by atoms with Crippen LogP contribution in [-0.2, 0) is 21.2 Å². The monoisotopic (exact) mass is 247 g/mol. The molecule has 1 aromatic heterocycles. The average Bonchev–Trinajstić information content (AvgIpc) is 2.67. The molecule has 0 atom stereocenters. The number of hydrogen-bond donors (Lipinski definition) is 1. The van der Waals surface area contributed by atoms with Crippen molar-refractivity contribution in [3.05, 3.63) is 24.2 Å². The van der Waals surface area contributed by atoms with Gasteiger partial charge in [-0.05, 0) is 12.1 Å². The van der Waals surface area contributed by atoms with Gasteiger partial charge in [-0.3, -0.25) is 0 Å². The summed E-state index contributed by atoms with van der Waals surface area (Å²) in [7, 11) is -2.87. The van der Waals surface area contributed by atoms with Gasteiger partial charge in [0.1, 0.15) is 22.2 Å². The van der Waals surface area contributed by atoms with Crippen LogP contribution in [0.5, 0.6) is 0 Å². The summed E-state index contributed by atoms with van der Waals surface area (Å²) >= 11 is 0. The van der Waals surface area contributed by atoms with Gasteiger partial charge >= 0.3 is 0 Å². The summed E-state index contributed by atoms with van der Waals surface area (Å²) in [6.07, 6.45) is 2.82. The van der Waals surface area contributed by atoms with Crippen LogP contribution < -0.4 is 5.32 Å². The first-order valence-corrected chi connectivity index (χ1v) is 7.12. The van der Waals surface area contributed by atoms with Crippen molar-refractivity contribution in [2.24, 2.45) is 0 Å². The lowest BCUT2D eigenvalue weighted by Gasteiger charge is -2.04. The molecule has 0 saturated carbocycles. The van der Waals surface area contributed by atoms with E-state index in [-0.39, 0.29) is 5.75 Å². The van der Waals surface area contributed by atoms with Gasteiger partial charge in [-0.25, -0.2) is 8.42 Å². The van der Waals surface area contributed by atoms with E-state index >= 15 is 0 Å². The van der Waals surface area contributed by atoms with E-state index in [1.165, 1.54) is 6.26 Å². The van der Waals surface area contributed by atoms with E-state index in [0.717, 1.165) is 5.76 Å². The van der Waals surface area contributed by atoms with Crippen molar-refractivity contribution < 1.29 is 17.6 Å². The van der Waals surface area contributed by atoms with Gasteiger partial charge in [-0.15, -0.1) is 0 Å². The maximum absolute atomic E-state index is 10.8. The quantitative estimate of drug-likeness (QED) is 0.675. The van der Waals surface area contributed by atoms with E-state index < -0.39 is 9.84 Å². The number of hydrogen-bond acceptors (Lipinski definition) is 5. The minimum atomic E-state index is -2.87. The third-order valence-corrected chi connectivity index (χ3v) is 2.84. The van der Waals surface area contributed by atoms with Crippen molar-refractivity contribution in [1.29, 1.82) is 0 Å². The lowest BCUT2D eigenvalue weighted by atomic mass is 10.5. The Kier molecular flexibility index (Phi) is 5.51. The molecule has 1 heterocycles. The molecule has 0 amide bonds. The number of ether oxygens (including phenoxy) is 1. The zero-order valence-corrected chi connectivity index (χ0v) is 10.1. The summed E-state index contributed by atoms with van der Waals surface area (Å²) < 4.78 is 32.0. The van der Waals surface area contributed by atoms with E-state index in [2.05, 4.69) is 5.32 Å². The van der Waals surface area contributed by atoms with Crippen molar-refractivity contribution >= 4 is 9.84 Å². The molecule has 0 fully saturated rings. The predicted octanol–water partition coefficient (Wildman–Crippen LogP) is 0.430. The van der Waals surface area contributed by atoms with Crippen LogP contribution in [0, 0.1) is 0 Å². The van der Waals surface area contributed by atoms with Crippen LogP contribution in [0.2, 0.25) is 0 Å². The fourth-order valence-electron chi connectivity index (χ4n) is 1.09. The highest BCUT2D eigenvalue weighted by atomic mass is 32.2. The van der Waals surface area contributed by atoms with Gasteiger partial charge in [0, 0.05) is 19.3 Å². The van der Waals surface area contributed by atoms with E-state index in [0.29, 0.717) is 26.3 Å². The Bertz CT molecular complexity index is 372. The number of furan rings is 1. The van der Waals surface area contributed by atoms with Crippen molar-refractivity contribution in [3.8, 4) is 0 Å². The van der Waals surface area contributed by atoms with Crippen LogP contribution in [0.3, 0.4) is 0 Å². The second kappa shape index (κ2) is 6.67. The minimum absolute atomic E-state index is 0.158. The normalized spacial score (nSPS) is 11.8. The predicted molar refractivity (Wildman–Crippen MR) is 60.9 cm³/mol. The highest BCUT2D eigenvalue weighted by Gasteiger charge is 2.00. The van der Waals surface area contributed by atoms with Gasteiger partial charge in [0.05, 0.1) is 18.6 Å². The second-order valence-electron chi connectivity index (χ2n) is 3.51. The van der Waals surface area contributed by atoms with Crippen molar-refractivity contribution in [2.45, 2.75) is 6.61 Å². The van der Waals surface area contributed by atoms with Gasteiger partial charge in [-0.2, -0.15) is 0 Å². The first kappa shape index (κ1) is 13.2. The zero-order chi connectivity index (χ0) is 11.9. The molecule has 0 aliphatic rings. The van der Waals surface area contributed by atoms with E-state index in [1.807, 2.05) is 12.1 Å². The molecule has 0 radical (unpaired) electrons. The Labute approximate surface area is 95.7 Å². The fourth-order valence-corrected chi connectivity index (χ4v) is 1.61. The Balaban J connectivity index is 1.93. The maximum atomic E-state index is 10.8. The highest BCUT2D eigenvalue weighted by Crippen LogP contribution is 2.00. The van der Waals surface area contributed by atoms with Crippen molar-refractivity contribution in [2.75, 3.05) is 31.7 Å². The van der Waals surface area contributed by atoms with Gasteiger partial charge in [0.2, 0.25) is 0 Å². The summed E-state index contributed by atoms with van der Waals surface area (Å²) in [5.74, 6) is 0.946. The fraction of sp³-hybridized carbons (Fsp3) is 0.600. The topological polar surface area (TPSA) is 68.5 Å². The second-order valence-corrected chi connectivity index (χ2v) is 5.77. The molecular formula is C10H17NO4S. The van der Waals surface area contributed by atoms with Crippen LogP contribution in [0.4, 0.5) is 0 Å². The molecular weight excluding hydrogens is 230 g/mol. The third-order valence-electron chi connectivity index (χ3n) is 1.90. The zero-order valence-electron chi connectivity index (χ0n) is 9.31. The van der Waals surface area contributed by atoms with E-state index in [1.54, 1.807) is 6.26 Å². The summed E-state index contributed by atoms with van der Waals surface area (Å²) in [4.78, 5) is 0. The van der Waals surface area contributed by atoms with Crippen LogP contribution in [0.1, 0.15) is 5.76 Å². The van der Waals surface area contributed by atoms with Gasteiger partial charge in [-0.1, -0.05) is 0 Å². The summed E-state index contributed by atoms with van der Waals surface area (Å²) in [5.41, 5.74) is 0. The molecule has 1 aromatic rings. The minimum Gasteiger partial charge on any atom is -0.467 e. The molecule has 0 aliphatic carbocycles. The smallest absolute Gasteiger partial charge is 0.148 e. The summed E-state index contributed by atoms with van der Waals surface area (Å²) in [5, 5.41) is 2.99. The van der Waals surface area contributed by atoms with Gasteiger partial charge in [0.25, 0.3) is 0 Å². The Hall–Kier alpha value is -0.850. The SMILES string of the molecule is CS(=O)(=O)CCNCCOCc1ccco1. The first-order valence-electron chi connectivity index (χ1n) is 5.06. The molecule has 6 heteroatoms. The molecule has 1 N–H and O–H groups in total. The van der Waals surface area contributed by atoms with E-state index in [9.17, 15) is 8.42 Å². The molecule has 0 aliphatic heterocycles. The molecule has 0 aromatic carbocycles. The number of nitrogens with one attached hydrogen (secondary N) is 1. The highest BCUT2D eigenvalue weighted by molar-refractivity contribution is 7.90. The Morgan fingerprint density at radius 2 is 2.25 bits per heavy atom. The Morgan fingerprint density at radius 1 is 1.44 bits per heavy atom. The van der Waals surface area contributed by atoms with Gasteiger partial charge < -0.3 is 14.5 Å². The van der Waals surface area contributed by atoms with Crippen LogP contribution >= 0.6 is 0 Å². The Morgan fingerprint density at radius 3 is 2.88 bits per heavy atom.